The highest BCUT2D eigenvalue weighted by molar-refractivity contribution is 7.73. The van der Waals surface area contributed by atoms with Crippen molar-refractivity contribution in [2.45, 2.75) is 17.9 Å². The number of hydrogen-bond acceptors (Lipinski definition) is 9. The average molecular weight is 517 g/mol. The number of para-hydroxylation sites is 1. The first-order chi connectivity index (χ1) is 17.9. The summed E-state index contributed by atoms with van der Waals surface area (Å²) >= 11 is 0. The van der Waals surface area contributed by atoms with Gasteiger partial charge in [0.1, 0.15) is 5.82 Å². The van der Waals surface area contributed by atoms with Crippen LogP contribution in [0.2, 0.25) is 0 Å². The molecule has 2 amide bonds. The molecular weight excluding hydrogens is 490 g/mol. The summed E-state index contributed by atoms with van der Waals surface area (Å²) in [7, 11) is -1.80. The molecule has 0 aliphatic carbocycles. The van der Waals surface area contributed by atoms with Gasteiger partial charge < -0.3 is 35.4 Å². The number of urea groups is 1. The maximum Gasteiger partial charge on any atom is 0.323 e. The first-order valence-corrected chi connectivity index (χ1v) is 12.5. The van der Waals surface area contributed by atoms with Gasteiger partial charge in [0.2, 0.25) is 5.95 Å². The molecule has 4 rings (SSSR count). The van der Waals surface area contributed by atoms with Crippen LogP contribution in [0.4, 0.5) is 33.6 Å². The number of carbonyl (C=O) groups excluding carboxylic acids is 1. The number of carbonyl (C=O) groups is 1. The summed E-state index contributed by atoms with van der Waals surface area (Å²) in [6.07, 6.45) is 1.67. The summed E-state index contributed by atoms with van der Waals surface area (Å²) in [4.78, 5) is 21.7. The molecule has 0 aliphatic rings. The zero-order valence-corrected chi connectivity index (χ0v) is 20.8. The summed E-state index contributed by atoms with van der Waals surface area (Å²) in [6.45, 7) is 1.74. The van der Waals surface area contributed by atoms with Gasteiger partial charge in [-0.2, -0.15) is 15.6 Å². The molecule has 0 bridgehead atoms. The van der Waals surface area contributed by atoms with E-state index in [0.717, 1.165) is 5.56 Å². The van der Waals surface area contributed by atoms with E-state index in [9.17, 15) is 14.1 Å². The number of aromatic nitrogens is 2. The van der Waals surface area contributed by atoms with Crippen LogP contribution in [0, 0.1) is 4.78 Å². The molecule has 1 atom stereocenters. The third-order valence-corrected chi connectivity index (χ3v) is 5.96. The molecule has 0 saturated carbocycles. The van der Waals surface area contributed by atoms with Crippen LogP contribution in [-0.2, 0) is 14.8 Å². The van der Waals surface area contributed by atoms with Crippen molar-refractivity contribution in [2.24, 2.45) is 0 Å². The summed E-state index contributed by atoms with van der Waals surface area (Å²) < 4.78 is 18.6. The van der Waals surface area contributed by atoms with Crippen LogP contribution in [0.3, 0.4) is 0 Å². The number of benzene rings is 3. The van der Waals surface area contributed by atoms with Crippen LogP contribution < -0.4 is 21.3 Å². The third kappa shape index (κ3) is 7.03. The average Bonchev–Trinajstić information content (AvgIpc) is 2.90. The quantitative estimate of drug-likeness (QED) is 0.163. The number of hydrogen-bond donors (Lipinski definition) is 6. The Labute approximate surface area is 216 Å². The van der Waals surface area contributed by atoms with Crippen LogP contribution in [0.25, 0.3) is 11.1 Å². The summed E-state index contributed by atoms with van der Waals surface area (Å²) in [6, 6.07) is 22.4. The molecule has 1 aromatic heterocycles. The van der Waals surface area contributed by atoms with Gasteiger partial charge in [-0.05, 0) is 48.9 Å². The first kappa shape index (κ1) is 25.6. The normalized spacial score (nSPS) is 11.5. The predicted octanol–water partition coefficient (Wildman–Crippen LogP) is 5.41. The van der Waals surface area contributed by atoms with Gasteiger partial charge in [0.05, 0.1) is 6.61 Å². The second-order valence-corrected chi connectivity index (χ2v) is 9.13. The fourth-order valence-corrected chi connectivity index (χ4v) is 3.76. The zero-order valence-electron chi connectivity index (χ0n) is 19.9. The molecule has 10 nitrogen and oxygen atoms in total. The lowest BCUT2D eigenvalue weighted by atomic mass is 10.1. The molecule has 1 unspecified atom stereocenters. The van der Waals surface area contributed by atoms with Crippen molar-refractivity contribution in [2.75, 3.05) is 27.9 Å². The molecule has 4 aromatic rings. The second-order valence-electron chi connectivity index (χ2n) is 8.12. The molecule has 6 N–H and O–H groups in total. The van der Waals surface area contributed by atoms with Gasteiger partial charge in [-0.1, -0.05) is 47.4 Å². The van der Waals surface area contributed by atoms with E-state index in [0.29, 0.717) is 39.3 Å². The van der Waals surface area contributed by atoms with Crippen molar-refractivity contribution in [1.82, 2.24) is 9.97 Å². The topological polar surface area (TPSA) is 152 Å². The number of rotatable bonds is 9. The summed E-state index contributed by atoms with van der Waals surface area (Å²) in [5.41, 5.74) is 3.51. The van der Waals surface area contributed by atoms with Gasteiger partial charge in [0.15, 0.2) is 0 Å². The first-order valence-electron chi connectivity index (χ1n) is 11.4. The molecule has 1 heterocycles. The molecular formula is C26H26N7O3S-. The molecule has 37 heavy (non-hydrogen) atoms. The Hall–Kier alpha value is -4.48. The van der Waals surface area contributed by atoms with Gasteiger partial charge in [-0.15, -0.1) is 0 Å². The van der Waals surface area contributed by atoms with Crippen molar-refractivity contribution >= 4 is 45.5 Å². The lowest BCUT2D eigenvalue weighted by Gasteiger charge is -2.17. The van der Waals surface area contributed by atoms with E-state index >= 15 is 0 Å². The van der Waals surface area contributed by atoms with E-state index < -0.39 is 10.6 Å². The molecule has 0 fully saturated rings. The molecule has 11 heteroatoms. The van der Waals surface area contributed by atoms with Gasteiger partial charge >= 0.3 is 6.03 Å². The summed E-state index contributed by atoms with van der Waals surface area (Å²) in [5.74, 6) is 0.845. The zero-order chi connectivity index (χ0) is 26.2. The lowest BCUT2D eigenvalue weighted by Crippen LogP contribution is -2.21. The number of anilines is 5. The van der Waals surface area contributed by atoms with E-state index in [-0.39, 0.29) is 18.7 Å². The van der Waals surface area contributed by atoms with Crippen LogP contribution in [-0.4, -0.2) is 33.8 Å². The Kier molecular flexibility index (Phi) is 8.29. The lowest BCUT2D eigenvalue weighted by molar-refractivity contribution is 0.262. The van der Waals surface area contributed by atoms with E-state index in [4.69, 9.17) is 4.78 Å². The molecule has 0 aliphatic heterocycles. The largest absolute Gasteiger partial charge is 0.440 e. The Morgan fingerprint density at radius 2 is 1.57 bits per heavy atom. The molecule has 0 spiro atoms. The van der Waals surface area contributed by atoms with Crippen molar-refractivity contribution in [3.8, 4) is 11.1 Å². The fraction of sp³-hybridized carbons (Fsp3) is 0.115. The predicted molar refractivity (Wildman–Crippen MR) is 145 cm³/mol. The van der Waals surface area contributed by atoms with Crippen LogP contribution >= 0.6 is 0 Å². The van der Waals surface area contributed by atoms with E-state index in [1.807, 2.05) is 37.3 Å². The number of amides is 2. The maximum absolute atomic E-state index is 12.3. The standard InChI is InChI=1S/C26H26N7O3S/c1-17(16-34)29-24-23(15-28-25(33-24)30-20-11-13-22(14-12-20)37(27)36)18-7-9-21(10-8-18)32-26(35)31-19-5-3-2-4-6-19/h2-15,17,27,34H,16H2,1H3,(H2,31,32,35)(H2,28,29,30,33)/q-1. The summed E-state index contributed by atoms with van der Waals surface area (Å²) in [5, 5.41) is 21.4. The minimum atomic E-state index is -1.80. The van der Waals surface area contributed by atoms with Gasteiger partial charge in [-0.25, -0.2) is 9.78 Å². The van der Waals surface area contributed by atoms with Crippen molar-refractivity contribution in [3.63, 3.8) is 0 Å². The smallest absolute Gasteiger partial charge is 0.323 e. The van der Waals surface area contributed by atoms with Gasteiger partial charge in [0, 0.05) is 34.9 Å². The highest BCUT2D eigenvalue weighted by Crippen LogP contribution is 2.29. The minimum Gasteiger partial charge on any atom is -0.440 e. The number of nitrogens with zero attached hydrogens (tertiary/aromatic N) is 2. The third-order valence-electron chi connectivity index (χ3n) is 5.26. The monoisotopic (exact) mass is 516 g/mol. The fourth-order valence-electron chi connectivity index (χ4n) is 3.38. The van der Waals surface area contributed by atoms with Crippen molar-refractivity contribution in [1.29, 1.82) is 4.78 Å². The van der Waals surface area contributed by atoms with Crippen LogP contribution in [0.1, 0.15) is 6.92 Å². The maximum atomic E-state index is 12.3. The Morgan fingerprint density at radius 3 is 2.19 bits per heavy atom. The number of aliphatic hydroxyl groups excluding tert-OH is 1. The number of aliphatic hydroxyl groups is 1. The SMILES string of the molecule is CC(CO)Nc1nc(Nc2ccc([S-](=N)=O)cc2)ncc1-c1ccc(NC(=O)Nc2ccccc2)cc1. The molecule has 0 saturated heterocycles. The van der Waals surface area contributed by atoms with Crippen LogP contribution in [0.15, 0.2) is 90.0 Å². The van der Waals surface area contributed by atoms with E-state index in [1.54, 1.807) is 54.7 Å². The van der Waals surface area contributed by atoms with Crippen molar-refractivity contribution < 1.29 is 14.1 Å². The highest BCUT2D eigenvalue weighted by Gasteiger charge is 2.13. The van der Waals surface area contributed by atoms with Crippen molar-refractivity contribution in [3.05, 3.63) is 85.1 Å². The van der Waals surface area contributed by atoms with Gasteiger partial charge in [0.25, 0.3) is 0 Å². The Morgan fingerprint density at radius 1 is 0.946 bits per heavy atom. The molecule has 190 valence electrons. The second kappa shape index (κ2) is 12.0. The highest BCUT2D eigenvalue weighted by atomic mass is 32.2. The number of nitrogens with one attached hydrogen (secondary N) is 5. The molecule has 0 radical (unpaired) electrons. The van der Waals surface area contributed by atoms with Gasteiger partial charge in [-0.3, -0.25) is 0 Å². The van der Waals surface area contributed by atoms with E-state index in [2.05, 4.69) is 31.2 Å². The molecule has 3 aromatic carbocycles. The minimum absolute atomic E-state index is 0.0860. The Bertz CT molecular complexity index is 1420. The Balaban J connectivity index is 1.52. The van der Waals surface area contributed by atoms with Crippen LogP contribution in [0.5, 0.6) is 0 Å². The van der Waals surface area contributed by atoms with E-state index in [1.165, 1.54) is 0 Å².